The van der Waals surface area contributed by atoms with E-state index in [-0.39, 0.29) is 22.6 Å². The number of esters is 1. The van der Waals surface area contributed by atoms with Gasteiger partial charge in [0.05, 0.1) is 18.7 Å². The van der Waals surface area contributed by atoms with Gasteiger partial charge in [-0.25, -0.2) is 4.98 Å². The molecule has 15 heavy (non-hydrogen) atoms. The number of aromatic nitrogens is 2. The van der Waals surface area contributed by atoms with Crippen molar-refractivity contribution in [1.82, 2.24) is 9.97 Å². The Morgan fingerprint density at radius 1 is 1.60 bits per heavy atom. The Hall–Kier alpha value is -1.17. The fraction of sp³-hybridized carbons (Fsp3) is 0.444. The van der Waals surface area contributed by atoms with E-state index < -0.39 is 0 Å². The molecule has 0 radical (unpaired) electrons. The van der Waals surface area contributed by atoms with Crippen LogP contribution in [0.15, 0.2) is 9.40 Å². The van der Waals surface area contributed by atoms with Crippen molar-refractivity contribution in [3.63, 3.8) is 0 Å². The predicted molar refractivity (Wildman–Crippen MR) is 57.6 cm³/mol. The van der Waals surface area contributed by atoms with Gasteiger partial charge in [0.15, 0.2) is 4.60 Å². The van der Waals surface area contributed by atoms with E-state index in [0.29, 0.717) is 18.0 Å². The zero-order valence-corrected chi connectivity index (χ0v) is 10.1. The monoisotopic (exact) mass is 274 g/mol. The van der Waals surface area contributed by atoms with Gasteiger partial charge in [-0.2, -0.15) is 0 Å². The second kappa shape index (κ2) is 5.06. The van der Waals surface area contributed by atoms with E-state index in [1.54, 1.807) is 13.8 Å². The molecule has 1 rings (SSSR count). The number of halogens is 1. The fourth-order valence-corrected chi connectivity index (χ4v) is 1.38. The van der Waals surface area contributed by atoms with Gasteiger partial charge < -0.3 is 9.72 Å². The van der Waals surface area contributed by atoms with Crippen LogP contribution < -0.4 is 5.56 Å². The van der Waals surface area contributed by atoms with Crippen molar-refractivity contribution < 1.29 is 9.53 Å². The lowest BCUT2D eigenvalue weighted by molar-refractivity contribution is -0.142. The maximum Gasteiger partial charge on any atom is 0.311 e. The Morgan fingerprint density at radius 3 is 2.87 bits per heavy atom. The highest BCUT2D eigenvalue weighted by Crippen LogP contribution is 2.05. The summed E-state index contributed by atoms with van der Waals surface area (Å²) in [4.78, 5) is 28.9. The van der Waals surface area contributed by atoms with Crippen LogP contribution in [0.1, 0.15) is 18.3 Å². The summed E-state index contributed by atoms with van der Waals surface area (Å²) in [6.07, 6.45) is 0.0645. The summed E-state index contributed by atoms with van der Waals surface area (Å²) >= 11 is 3.00. The normalized spacial score (nSPS) is 10.1. The molecule has 1 heterocycles. The van der Waals surface area contributed by atoms with Gasteiger partial charge >= 0.3 is 5.97 Å². The molecule has 1 aromatic rings. The standard InChI is InChI=1S/C9H11BrN2O3/c1-3-15-7(13)4-6-5(2)11-9(14)8(10)12-6/h3-4H2,1-2H3,(H,11,14). The lowest BCUT2D eigenvalue weighted by atomic mass is 10.2. The molecule has 82 valence electrons. The quantitative estimate of drug-likeness (QED) is 0.833. The molecule has 0 atom stereocenters. The Kier molecular flexibility index (Phi) is 4.02. The van der Waals surface area contributed by atoms with E-state index in [0.717, 1.165) is 0 Å². The lowest BCUT2D eigenvalue weighted by Crippen LogP contribution is -2.17. The molecule has 0 saturated heterocycles. The van der Waals surface area contributed by atoms with E-state index in [2.05, 4.69) is 25.9 Å². The largest absolute Gasteiger partial charge is 0.466 e. The van der Waals surface area contributed by atoms with Crippen molar-refractivity contribution in [1.29, 1.82) is 0 Å². The molecule has 0 spiro atoms. The van der Waals surface area contributed by atoms with Crippen LogP contribution >= 0.6 is 15.9 Å². The zero-order chi connectivity index (χ0) is 11.4. The van der Waals surface area contributed by atoms with Gasteiger partial charge in [0.25, 0.3) is 5.56 Å². The first kappa shape index (κ1) is 11.9. The highest BCUT2D eigenvalue weighted by atomic mass is 79.9. The van der Waals surface area contributed by atoms with Crippen molar-refractivity contribution in [2.45, 2.75) is 20.3 Å². The number of nitrogens with zero attached hydrogens (tertiary/aromatic N) is 1. The number of carbonyl (C=O) groups excluding carboxylic acids is 1. The Labute approximate surface area is 95.0 Å². The Balaban J connectivity index is 2.91. The minimum absolute atomic E-state index is 0.0645. The van der Waals surface area contributed by atoms with E-state index in [1.165, 1.54) is 0 Å². The van der Waals surface area contributed by atoms with E-state index in [9.17, 15) is 9.59 Å². The third-order valence-electron chi connectivity index (χ3n) is 1.77. The Bertz CT molecular complexity index is 428. The summed E-state index contributed by atoms with van der Waals surface area (Å²) in [6.45, 7) is 3.76. The second-order valence-electron chi connectivity index (χ2n) is 2.91. The molecule has 0 fully saturated rings. The number of hydrogen-bond acceptors (Lipinski definition) is 4. The first-order chi connectivity index (χ1) is 7.04. The maximum absolute atomic E-state index is 11.2. The third-order valence-corrected chi connectivity index (χ3v) is 2.31. The third kappa shape index (κ3) is 3.16. The molecule has 1 aromatic heterocycles. The highest BCUT2D eigenvalue weighted by molar-refractivity contribution is 9.10. The molecular weight excluding hydrogens is 264 g/mol. The fourth-order valence-electron chi connectivity index (χ4n) is 1.07. The number of carbonyl (C=O) groups is 1. The molecule has 0 saturated carbocycles. The molecule has 6 heteroatoms. The smallest absolute Gasteiger partial charge is 0.311 e. The van der Waals surface area contributed by atoms with Crippen LogP contribution in [0.25, 0.3) is 0 Å². The van der Waals surface area contributed by atoms with E-state index in [4.69, 9.17) is 4.74 Å². The van der Waals surface area contributed by atoms with Gasteiger partial charge in [0, 0.05) is 5.69 Å². The number of rotatable bonds is 3. The average Bonchev–Trinajstić information content (AvgIpc) is 2.14. The first-order valence-electron chi connectivity index (χ1n) is 4.45. The average molecular weight is 275 g/mol. The topological polar surface area (TPSA) is 72.0 Å². The van der Waals surface area contributed by atoms with E-state index >= 15 is 0 Å². The molecule has 0 aromatic carbocycles. The minimum Gasteiger partial charge on any atom is -0.466 e. The first-order valence-corrected chi connectivity index (χ1v) is 5.24. The van der Waals surface area contributed by atoms with Crippen molar-refractivity contribution in [2.75, 3.05) is 6.61 Å². The van der Waals surface area contributed by atoms with Gasteiger partial charge in [0.2, 0.25) is 0 Å². The molecule has 0 aliphatic heterocycles. The maximum atomic E-state index is 11.2. The number of nitrogens with one attached hydrogen (secondary N) is 1. The number of aromatic amines is 1. The second-order valence-corrected chi connectivity index (χ2v) is 3.66. The molecular formula is C9H11BrN2O3. The summed E-state index contributed by atoms with van der Waals surface area (Å²) in [7, 11) is 0. The number of ether oxygens (including phenoxy) is 1. The van der Waals surface area contributed by atoms with Crippen LogP contribution in [0.5, 0.6) is 0 Å². The van der Waals surface area contributed by atoms with Gasteiger partial charge in [-0.15, -0.1) is 0 Å². The molecule has 0 unspecified atom stereocenters. The van der Waals surface area contributed by atoms with Crippen LogP contribution in [-0.2, 0) is 16.0 Å². The summed E-state index contributed by atoms with van der Waals surface area (Å²) in [5.41, 5.74) is 0.788. The van der Waals surface area contributed by atoms with Gasteiger partial charge in [-0.05, 0) is 29.8 Å². The van der Waals surface area contributed by atoms with Crippen LogP contribution in [0.4, 0.5) is 0 Å². The molecule has 0 bridgehead atoms. The van der Waals surface area contributed by atoms with E-state index in [1.807, 2.05) is 0 Å². The van der Waals surface area contributed by atoms with Crippen LogP contribution in [0.3, 0.4) is 0 Å². The minimum atomic E-state index is -0.355. The van der Waals surface area contributed by atoms with Crippen molar-refractivity contribution in [3.8, 4) is 0 Å². The van der Waals surface area contributed by atoms with Crippen LogP contribution in [0, 0.1) is 6.92 Å². The van der Waals surface area contributed by atoms with Gasteiger partial charge in [0.1, 0.15) is 0 Å². The molecule has 0 aliphatic carbocycles. The van der Waals surface area contributed by atoms with Crippen molar-refractivity contribution in [3.05, 3.63) is 26.3 Å². The molecule has 0 amide bonds. The van der Waals surface area contributed by atoms with Crippen LogP contribution in [0.2, 0.25) is 0 Å². The summed E-state index contributed by atoms with van der Waals surface area (Å²) in [6, 6.07) is 0. The lowest BCUT2D eigenvalue weighted by Gasteiger charge is -2.04. The van der Waals surface area contributed by atoms with Gasteiger partial charge in [-0.1, -0.05) is 0 Å². The molecule has 5 nitrogen and oxygen atoms in total. The van der Waals surface area contributed by atoms with Crippen molar-refractivity contribution >= 4 is 21.9 Å². The highest BCUT2D eigenvalue weighted by Gasteiger charge is 2.10. The number of aryl methyl sites for hydroxylation is 1. The SMILES string of the molecule is CCOC(=O)Cc1nc(Br)c(=O)[nH]c1C. The van der Waals surface area contributed by atoms with Gasteiger partial charge in [-0.3, -0.25) is 9.59 Å². The zero-order valence-electron chi connectivity index (χ0n) is 8.46. The van der Waals surface area contributed by atoms with Crippen LogP contribution in [-0.4, -0.2) is 22.5 Å². The number of hydrogen-bond donors (Lipinski definition) is 1. The molecule has 1 N–H and O–H groups in total. The number of H-pyrrole nitrogens is 1. The Morgan fingerprint density at radius 2 is 2.27 bits per heavy atom. The predicted octanol–water partition coefficient (Wildman–Crippen LogP) is 0.946. The summed E-state index contributed by atoms with van der Waals surface area (Å²) in [5.74, 6) is -0.355. The molecule has 0 aliphatic rings. The summed E-state index contributed by atoms with van der Waals surface area (Å²) < 4.78 is 4.96. The van der Waals surface area contributed by atoms with Crippen molar-refractivity contribution in [2.24, 2.45) is 0 Å². The summed E-state index contributed by atoms with van der Waals surface area (Å²) in [5, 5.41) is 0.